The number of rotatable bonds is 7. The Balaban J connectivity index is 0.906. The Kier molecular flexibility index (Phi) is 6.10. The second kappa shape index (κ2) is 9.48. The Morgan fingerprint density at radius 3 is 2.84 bits per heavy atom. The first-order valence-corrected chi connectivity index (χ1v) is 15.1. The normalized spacial score (nSPS) is 31.1. The van der Waals surface area contributed by atoms with Crippen molar-refractivity contribution in [2.24, 2.45) is 17.3 Å². The molecule has 2 aliphatic carbocycles. The molecule has 2 saturated heterocycles. The number of likely N-dealkylation sites (tertiary alicyclic amines) is 1. The van der Waals surface area contributed by atoms with Crippen LogP contribution < -0.4 is 10.6 Å². The van der Waals surface area contributed by atoms with Crippen LogP contribution in [0.5, 0.6) is 0 Å². The number of nitrogens with zero attached hydrogens (tertiary/aromatic N) is 2. The van der Waals surface area contributed by atoms with Crippen molar-refractivity contribution in [3.05, 3.63) is 65.4 Å². The zero-order valence-electron chi connectivity index (χ0n) is 21.7. The molecule has 3 aromatic rings. The second-order valence-electron chi connectivity index (χ2n) is 12.2. The summed E-state index contributed by atoms with van der Waals surface area (Å²) in [5.74, 6) is 1.12. The van der Waals surface area contributed by atoms with Gasteiger partial charge in [0.1, 0.15) is 0 Å². The van der Waals surface area contributed by atoms with Crippen molar-refractivity contribution in [3.63, 3.8) is 0 Å². The number of fused-ring (bicyclic) bond motifs is 3. The molecule has 4 atom stereocenters. The zero-order valence-corrected chi connectivity index (χ0v) is 22.5. The summed E-state index contributed by atoms with van der Waals surface area (Å²) in [6.45, 7) is 5.40. The maximum Gasteiger partial charge on any atom is 0.223 e. The van der Waals surface area contributed by atoms with E-state index < -0.39 is 0 Å². The van der Waals surface area contributed by atoms with Crippen molar-refractivity contribution in [1.29, 1.82) is 0 Å². The van der Waals surface area contributed by atoms with E-state index in [4.69, 9.17) is 4.37 Å². The Labute approximate surface area is 224 Å². The summed E-state index contributed by atoms with van der Waals surface area (Å²) < 4.78 is 6.11. The minimum Gasteiger partial charge on any atom is -0.355 e. The van der Waals surface area contributed by atoms with Gasteiger partial charge >= 0.3 is 0 Å². The fraction of sp³-hybridized carbons (Fsp3) is 0.548. The third-order valence-electron chi connectivity index (χ3n) is 9.98. The van der Waals surface area contributed by atoms with E-state index in [0.717, 1.165) is 51.2 Å². The molecule has 1 amide bonds. The van der Waals surface area contributed by atoms with E-state index in [2.05, 4.69) is 64.1 Å². The van der Waals surface area contributed by atoms with Gasteiger partial charge in [0.05, 0.1) is 10.4 Å². The largest absolute Gasteiger partial charge is 0.355 e. The molecule has 3 heterocycles. The monoisotopic (exact) mass is 514 g/mol. The van der Waals surface area contributed by atoms with Crippen LogP contribution in [-0.4, -0.2) is 53.4 Å². The van der Waals surface area contributed by atoms with Gasteiger partial charge in [-0.3, -0.25) is 4.79 Å². The maximum absolute atomic E-state index is 13.1. The van der Waals surface area contributed by atoms with Crippen LogP contribution in [0.3, 0.4) is 0 Å². The van der Waals surface area contributed by atoms with Crippen molar-refractivity contribution < 1.29 is 4.79 Å². The summed E-state index contributed by atoms with van der Waals surface area (Å²) in [5.41, 5.74) is 4.59. The van der Waals surface area contributed by atoms with E-state index in [1.807, 2.05) is 0 Å². The molecular formula is C31H38N4OS. The molecule has 5 nitrogen and oxygen atoms in total. The lowest BCUT2D eigenvalue weighted by Gasteiger charge is -2.40. The molecule has 194 valence electrons. The molecule has 2 aromatic carbocycles. The summed E-state index contributed by atoms with van der Waals surface area (Å²) in [6, 6.07) is 17.3. The van der Waals surface area contributed by atoms with Gasteiger partial charge in [0.15, 0.2) is 0 Å². The number of hydrogen-bond donors (Lipinski definition) is 2. The summed E-state index contributed by atoms with van der Waals surface area (Å²) >= 11 is 1.65. The van der Waals surface area contributed by atoms with Gasteiger partial charge in [0.25, 0.3) is 0 Å². The third-order valence-corrected chi connectivity index (χ3v) is 10.8. The van der Waals surface area contributed by atoms with Gasteiger partial charge in [0, 0.05) is 41.9 Å². The van der Waals surface area contributed by atoms with Crippen LogP contribution in [0.4, 0.5) is 0 Å². The van der Waals surface area contributed by atoms with E-state index in [1.54, 1.807) is 11.5 Å². The van der Waals surface area contributed by atoms with Crippen LogP contribution in [-0.2, 0) is 24.1 Å². The Morgan fingerprint density at radius 1 is 1.08 bits per heavy atom. The summed E-state index contributed by atoms with van der Waals surface area (Å²) in [7, 11) is 0. The average Bonchev–Trinajstić information content (AvgIpc) is 3.22. The minimum atomic E-state index is 0.130. The number of carbonyl (C=O) groups excluding carboxylic acids is 1. The van der Waals surface area contributed by atoms with Gasteiger partial charge in [-0.1, -0.05) is 42.5 Å². The van der Waals surface area contributed by atoms with Crippen LogP contribution in [0.15, 0.2) is 48.5 Å². The standard InChI is InChI=1S/C31H38N4OS/c36-29(25-12-11-23-7-1-2-8-24(23)17-25)32-19-30-18-31(30,33-20-30)21-35-14-5-6-22(13-15-35)16-27-26-9-3-4-10-28(26)37-34-27/h1-4,7-10,22,25,33H,5-6,11-21H2,(H,32,36). The Hall–Kier alpha value is -2.28. The minimum absolute atomic E-state index is 0.130. The van der Waals surface area contributed by atoms with Crippen molar-refractivity contribution in [3.8, 4) is 0 Å². The first-order valence-electron chi connectivity index (χ1n) is 14.3. The molecule has 1 aromatic heterocycles. The molecule has 2 N–H and O–H groups in total. The first-order chi connectivity index (χ1) is 18.1. The van der Waals surface area contributed by atoms with Crippen molar-refractivity contribution >= 4 is 27.5 Å². The van der Waals surface area contributed by atoms with Crippen molar-refractivity contribution in [1.82, 2.24) is 19.9 Å². The fourth-order valence-corrected chi connectivity index (χ4v) is 8.28. The second-order valence-corrected chi connectivity index (χ2v) is 13.0. The van der Waals surface area contributed by atoms with Crippen molar-refractivity contribution in [2.75, 3.05) is 32.7 Å². The lowest BCUT2D eigenvalue weighted by Crippen LogP contribution is -2.61. The van der Waals surface area contributed by atoms with E-state index in [-0.39, 0.29) is 22.8 Å². The number of aromatic nitrogens is 1. The highest BCUT2D eigenvalue weighted by Gasteiger charge is 2.74. The van der Waals surface area contributed by atoms with Gasteiger partial charge in [-0.15, -0.1) is 0 Å². The number of aryl methyl sites for hydroxylation is 1. The maximum atomic E-state index is 13.1. The number of benzene rings is 2. The predicted octanol–water partition coefficient (Wildman–Crippen LogP) is 4.59. The summed E-state index contributed by atoms with van der Waals surface area (Å²) in [6.07, 6.45) is 9.05. The number of nitrogens with one attached hydrogen (secondary N) is 2. The molecule has 0 bridgehead atoms. The van der Waals surface area contributed by atoms with Crippen LogP contribution in [0.2, 0.25) is 0 Å². The molecule has 4 aliphatic rings. The number of carbonyl (C=O) groups is 1. The summed E-state index contributed by atoms with van der Waals surface area (Å²) in [4.78, 5) is 15.8. The SMILES string of the molecule is O=C(NCC12CNC1(CN1CCCC(Cc3nsc4ccccc34)CC1)C2)C1CCc2ccccc2C1. The highest BCUT2D eigenvalue weighted by Crippen LogP contribution is 2.62. The molecule has 4 unspecified atom stereocenters. The highest BCUT2D eigenvalue weighted by molar-refractivity contribution is 7.13. The molecule has 0 spiro atoms. The molecule has 2 aliphatic heterocycles. The van der Waals surface area contributed by atoms with Gasteiger partial charge in [0.2, 0.25) is 5.91 Å². The summed E-state index contributed by atoms with van der Waals surface area (Å²) in [5, 5.41) is 8.53. The van der Waals surface area contributed by atoms with Crippen LogP contribution >= 0.6 is 11.5 Å². The molecule has 6 heteroatoms. The van der Waals surface area contributed by atoms with Gasteiger partial charge in [-0.25, -0.2) is 0 Å². The third kappa shape index (κ3) is 4.41. The topological polar surface area (TPSA) is 57.3 Å². The quantitative estimate of drug-likeness (QED) is 0.484. The number of amides is 1. The lowest BCUT2D eigenvalue weighted by molar-refractivity contribution is -0.125. The van der Waals surface area contributed by atoms with Gasteiger partial charge < -0.3 is 15.5 Å². The molecule has 3 fully saturated rings. The first kappa shape index (κ1) is 23.8. The van der Waals surface area contributed by atoms with E-state index in [1.165, 1.54) is 65.7 Å². The zero-order chi connectivity index (χ0) is 24.9. The van der Waals surface area contributed by atoms with Crippen LogP contribution in [0.1, 0.15) is 48.9 Å². The molecular weight excluding hydrogens is 476 g/mol. The highest BCUT2D eigenvalue weighted by atomic mass is 32.1. The molecule has 0 radical (unpaired) electrons. The molecule has 7 rings (SSSR count). The van der Waals surface area contributed by atoms with Crippen LogP contribution in [0.25, 0.3) is 10.1 Å². The van der Waals surface area contributed by atoms with E-state index in [9.17, 15) is 4.79 Å². The van der Waals surface area contributed by atoms with Gasteiger partial charge in [-0.2, -0.15) is 4.37 Å². The predicted molar refractivity (Wildman–Crippen MR) is 150 cm³/mol. The number of hydrogen-bond acceptors (Lipinski definition) is 5. The Morgan fingerprint density at radius 2 is 1.95 bits per heavy atom. The van der Waals surface area contributed by atoms with Crippen molar-refractivity contribution in [2.45, 2.75) is 56.9 Å². The van der Waals surface area contributed by atoms with Crippen LogP contribution in [0, 0.1) is 17.3 Å². The average molecular weight is 515 g/mol. The lowest BCUT2D eigenvalue weighted by atomic mass is 9.83. The Bertz CT molecular complexity index is 1310. The van der Waals surface area contributed by atoms with E-state index >= 15 is 0 Å². The van der Waals surface area contributed by atoms with E-state index in [0.29, 0.717) is 0 Å². The molecule has 1 saturated carbocycles. The fourth-order valence-electron chi connectivity index (χ4n) is 7.47. The van der Waals surface area contributed by atoms with Gasteiger partial charge in [-0.05, 0) is 99.1 Å². The molecule has 37 heavy (non-hydrogen) atoms. The smallest absolute Gasteiger partial charge is 0.223 e.